The molecule has 0 aliphatic carbocycles. The number of morpholine rings is 1. The van der Waals surface area contributed by atoms with Crippen LogP contribution in [0.15, 0.2) is 36.4 Å². The monoisotopic (exact) mass is 480 g/mol. The van der Waals surface area contributed by atoms with Gasteiger partial charge in [0.2, 0.25) is 5.95 Å². The fraction of sp³-hybridized carbons (Fsp3) is 0.318. The highest BCUT2D eigenvalue weighted by atomic mass is 19.4. The van der Waals surface area contributed by atoms with Gasteiger partial charge in [-0.2, -0.15) is 13.2 Å². The van der Waals surface area contributed by atoms with Crippen LogP contribution in [0.4, 0.5) is 29.2 Å². The van der Waals surface area contributed by atoms with Crippen molar-refractivity contribution in [1.29, 1.82) is 0 Å². The number of aliphatic hydroxyl groups excluding tert-OH is 1. The standard InChI is InChI=1S/C22H20F4N4O4/c23-16-4-2-13(10-15(16)22(24,25)26)20(33)28-21-27-17-11-14(29-7-9-34-12-19(29)32)3-5-18(17)30(21)6-1-8-31/h2-5,10-11,31H,1,6-9,12H2,(H,27,28,33). The van der Waals surface area contributed by atoms with Crippen molar-refractivity contribution in [2.24, 2.45) is 0 Å². The zero-order chi connectivity index (χ0) is 24.5. The van der Waals surface area contributed by atoms with Gasteiger partial charge in [-0.1, -0.05) is 0 Å². The third-order valence-electron chi connectivity index (χ3n) is 5.33. The highest BCUT2D eigenvalue weighted by Crippen LogP contribution is 2.32. The van der Waals surface area contributed by atoms with Gasteiger partial charge in [0, 0.05) is 30.9 Å². The van der Waals surface area contributed by atoms with Crippen molar-refractivity contribution >= 4 is 34.5 Å². The van der Waals surface area contributed by atoms with E-state index < -0.39 is 29.0 Å². The topological polar surface area (TPSA) is 96.7 Å². The van der Waals surface area contributed by atoms with Crippen LogP contribution >= 0.6 is 0 Å². The van der Waals surface area contributed by atoms with Gasteiger partial charge in [-0.25, -0.2) is 9.37 Å². The number of imidazole rings is 1. The molecule has 2 heterocycles. The number of carbonyl (C=O) groups is 2. The lowest BCUT2D eigenvalue weighted by molar-refractivity contribution is -0.140. The Morgan fingerprint density at radius 2 is 2.00 bits per heavy atom. The van der Waals surface area contributed by atoms with E-state index in [9.17, 15) is 32.3 Å². The number of aromatic nitrogens is 2. The van der Waals surface area contributed by atoms with E-state index in [2.05, 4.69) is 10.3 Å². The molecular formula is C22H20F4N4O4. The number of carbonyl (C=O) groups excluding carboxylic acids is 2. The first-order valence-electron chi connectivity index (χ1n) is 10.4. The van der Waals surface area contributed by atoms with Gasteiger partial charge in [-0.3, -0.25) is 14.9 Å². The second-order valence-electron chi connectivity index (χ2n) is 7.58. The molecule has 3 aromatic rings. The molecule has 2 N–H and O–H groups in total. The van der Waals surface area contributed by atoms with E-state index in [1.807, 2.05) is 0 Å². The molecule has 0 saturated carbocycles. The highest BCUT2D eigenvalue weighted by Gasteiger charge is 2.34. The summed E-state index contributed by atoms with van der Waals surface area (Å²) < 4.78 is 59.4. The van der Waals surface area contributed by atoms with E-state index in [0.717, 1.165) is 6.07 Å². The van der Waals surface area contributed by atoms with Crippen LogP contribution in [0.3, 0.4) is 0 Å². The summed E-state index contributed by atoms with van der Waals surface area (Å²) >= 11 is 0. The number of benzene rings is 2. The maximum Gasteiger partial charge on any atom is 0.419 e. The zero-order valence-electron chi connectivity index (χ0n) is 17.7. The minimum atomic E-state index is -4.96. The molecule has 1 aliphatic heterocycles. The molecule has 0 spiro atoms. The van der Waals surface area contributed by atoms with Crippen LogP contribution in [0, 0.1) is 5.82 Å². The number of fused-ring (bicyclic) bond motifs is 1. The van der Waals surface area contributed by atoms with Crippen LogP contribution in [0.1, 0.15) is 22.3 Å². The number of anilines is 2. The lowest BCUT2D eigenvalue weighted by Crippen LogP contribution is -2.41. The minimum absolute atomic E-state index is 0.0387. The summed E-state index contributed by atoms with van der Waals surface area (Å²) in [6.45, 7) is 0.830. The maximum atomic E-state index is 13.6. The fourth-order valence-electron chi connectivity index (χ4n) is 3.69. The molecule has 0 unspecified atom stereocenters. The van der Waals surface area contributed by atoms with Crippen molar-refractivity contribution in [1.82, 2.24) is 9.55 Å². The second-order valence-corrected chi connectivity index (χ2v) is 7.58. The number of nitrogens with one attached hydrogen (secondary N) is 1. The van der Waals surface area contributed by atoms with Gasteiger partial charge in [0.05, 0.1) is 23.2 Å². The molecule has 1 saturated heterocycles. The Morgan fingerprint density at radius 3 is 2.71 bits per heavy atom. The van der Waals surface area contributed by atoms with Crippen LogP contribution in [0.5, 0.6) is 0 Å². The molecule has 1 aliphatic rings. The Balaban J connectivity index is 1.68. The van der Waals surface area contributed by atoms with E-state index in [4.69, 9.17) is 4.74 Å². The molecule has 34 heavy (non-hydrogen) atoms. The number of nitrogens with zero attached hydrogens (tertiary/aromatic N) is 3. The molecule has 8 nitrogen and oxygen atoms in total. The van der Waals surface area contributed by atoms with Gasteiger partial charge < -0.3 is 19.3 Å². The Labute approximate surface area is 190 Å². The number of hydrogen-bond acceptors (Lipinski definition) is 5. The van der Waals surface area contributed by atoms with Gasteiger partial charge in [0.25, 0.3) is 11.8 Å². The first-order chi connectivity index (χ1) is 16.2. The number of hydrogen-bond donors (Lipinski definition) is 2. The van der Waals surface area contributed by atoms with Crippen molar-refractivity contribution in [2.75, 3.05) is 36.6 Å². The van der Waals surface area contributed by atoms with Crippen LogP contribution < -0.4 is 10.2 Å². The van der Waals surface area contributed by atoms with E-state index in [0.29, 0.717) is 48.4 Å². The fourth-order valence-corrected chi connectivity index (χ4v) is 3.69. The molecular weight excluding hydrogens is 460 g/mol. The Kier molecular flexibility index (Phi) is 6.53. The second kappa shape index (κ2) is 9.39. The summed E-state index contributed by atoms with van der Waals surface area (Å²) in [6, 6.07) is 7.04. The van der Waals surface area contributed by atoms with E-state index >= 15 is 0 Å². The lowest BCUT2D eigenvalue weighted by atomic mass is 10.1. The number of amides is 2. The Hall–Kier alpha value is -3.51. The largest absolute Gasteiger partial charge is 0.419 e. The Bertz CT molecular complexity index is 1240. The van der Waals surface area contributed by atoms with Crippen molar-refractivity contribution in [2.45, 2.75) is 19.1 Å². The molecule has 0 bridgehead atoms. The van der Waals surface area contributed by atoms with Crippen molar-refractivity contribution in [3.05, 3.63) is 53.3 Å². The van der Waals surface area contributed by atoms with E-state index in [1.165, 1.54) is 0 Å². The predicted octanol–water partition coefficient (Wildman–Crippen LogP) is 3.19. The summed E-state index contributed by atoms with van der Waals surface area (Å²) in [4.78, 5) is 30.8. The molecule has 0 atom stereocenters. The van der Waals surface area contributed by atoms with E-state index in [1.54, 1.807) is 27.7 Å². The molecule has 12 heteroatoms. The highest BCUT2D eigenvalue weighted by molar-refractivity contribution is 6.04. The Morgan fingerprint density at radius 1 is 1.21 bits per heavy atom. The summed E-state index contributed by atoms with van der Waals surface area (Å²) in [6.07, 6.45) is -4.63. The molecule has 4 rings (SSSR count). The summed E-state index contributed by atoms with van der Waals surface area (Å²) in [7, 11) is 0. The van der Waals surface area contributed by atoms with Gasteiger partial charge >= 0.3 is 6.18 Å². The SMILES string of the molecule is O=C(Nc1nc2cc(N3CCOCC3=O)ccc2n1CCCO)c1ccc(F)c(C(F)(F)F)c1. The van der Waals surface area contributed by atoms with Crippen LogP contribution in [-0.2, 0) is 22.3 Å². The van der Waals surface area contributed by atoms with Crippen molar-refractivity contribution < 1.29 is 37.0 Å². The van der Waals surface area contributed by atoms with Gasteiger partial charge in [0.1, 0.15) is 12.4 Å². The number of alkyl halides is 3. The first kappa shape index (κ1) is 23.6. The van der Waals surface area contributed by atoms with Gasteiger partial charge in [0.15, 0.2) is 0 Å². The van der Waals surface area contributed by atoms with Crippen molar-refractivity contribution in [3.8, 4) is 0 Å². The molecule has 2 aromatic carbocycles. The van der Waals surface area contributed by atoms with E-state index in [-0.39, 0.29) is 31.6 Å². The molecule has 1 fully saturated rings. The molecule has 2 amide bonds. The maximum absolute atomic E-state index is 13.6. The third-order valence-corrected chi connectivity index (χ3v) is 5.33. The minimum Gasteiger partial charge on any atom is -0.396 e. The average Bonchev–Trinajstić information content (AvgIpc) is 3.13. The van der Waals surface area contributed by atoms with Crippen LogP contribution in [0.25, 0.3) is 11.0 Å². The molecule has 1 aromatic heterocycles. The third kappa shape index (κ3) is 4.73. The summed E-state index contributed by atoms with van der Waals surface area (Å²) in [5.41, 5.74) is -0.343. The number of rotatable bonds is 6. The van der Waals surface area contributed by atoms with Crippen molar-refractivity contribution in [3.63, 3.8) is 0 Å². The number of aliphatic hydroxyl groups is 1. The van der Waals surface area contributed by atoms with Crippen LogP contribution in [-0.4, -0.2) is 52.8 Å². The molecule has 0 radical (unpaired) electrons. The number of halogens is 4. The van der Waals surface area contributed by atoms with Crippen LogP contribution in [0.2, 0.25) is 0 Å². The first-order valence-corrected chi connectivity index (χ1v) is 10.4. The van der Waals surface area contributed by atoms with Gasteiger partial charge in [-0.05, 0) is 42.8 Å². The quantitative estimate of drug-likeness (QED) is 0.529. The van der Waals surface area contributed by atoms with Gasteiger partial charge in [-0.15, -0.1) is 0 Å². The number of aryl methyl sites for hydroxylation is 1. The smallest absolute Gasteiger partial charge is 0.396 e. The number of ether oxygens (including phenoxy) is 1. The average molecular weight is 480 g/mol. The normalized spacial score (nSPS) is 14.6. The predicted molar refractivity (Wildman–Crippen MR) is 114 cm³/mol. The summed E-state index contributed by atoms with van der Waals surface area (Å²) in [5, 5.41) is 11.7. The molecule has 180 valence electrons. The zero-order valence-corrected chi connectivity index (χ0v) is 17.7. The lowest BCUT2D eigenvalue weighted by Gasteiger charge is -2.26. The summed E-state index contributed by atoms with van der Waals surface area (Å²) in [5.74, 6) is -2.56.